The van der Waals surface area contributed by atoms with Crippen LogP contribution in [0.25, 0.3) is 0 Å². The Balaban J connectivity index is 1.66. The second-order valence-corrected chi connectivity index (χ2v) is 12.5. The standard InChI is InChI=1S/C34H37N3O5S/c1-26(2)35-34(39)32(23-27-13-7-4-8-14-27)36(24-28-15-9-5-10-16-28)33(38)25-37(43(3,40)41)29-19-21-31(22-20-29)42-30-17-11-6-12-18-30/h4-22,26,32H,23-25H2,1-3H3,(H,35,39)/t32-/m1/s1. The van der Waals surface area contributed by atoms with Gasteiger partial charge in [0, 0.05) is 19.0 Å². The number of carbonyl (C=O) groups excluding carboxylic acids is 2. The molecule has 0 saturated carbocycles. The molecule has 224 valence electrons. The number of sulfonamides is 1. The molecular weight excluding hydrogens is 562 g/mol. The molecule has 0 aromatic heterocycles. The molecular formula is C34H37N3O5S. The largest absolute Gasteiger partial charge is 0.457 e. The van der Waals surface area contributed by atoms with E-state index in [1.54, 1.807) is 24.3 Å². The van der Waals surface area contributed by atoms with Crippen molar-refractivity contribution in [1.29, 1.82) is 0 Å². The third kappa shape index (κ3) is 9.18. The molecule has 4 aromatic carbocycles. The van der Waals surface area contributed by atoms with Crippen molar-refractivity contribution in [3.05, 3.63) is 126 Å². The van der Waals surface area contributed by atoms with Crippen LogP contribution in [-0.2, 0) is 32.6 Å². The van der Waals surface area contributed by atoms with Gasteiger partial charge in [0.15, 0.2) is 0 Å². The SMILES string of the molecule is CC(C)NC(=O)[C@@H](Cc1ccccc1)N(Cc1ccccc1)C(=O)CN(c1ccc(Oc2ccccc2)cc1)S(C)(=O)=O. The van der Waals surface area contributed by atoms with Crippen molar-refractivity contribution in [2.75, 3.05) is 17.1 Å². The zero-order valence-corrected chi connectivity index (χ0v) is 25.4. The lowest BCUT2D eigenvalue weighted by Gasteiger charge is -2.34. The van der Waals surface area contributed by atoms with Crippen molar-refractivity contribution in [2.45, 2.75) is 38.9 Å². The van der Waals surface area contributed by atoms with Crippen LogP contribution < -0.4 is 14.4 Å². The number of rotatable bonds is 13. The number of hydrogen-bond acceptors (Lipinski definition) is 5. The molecule has 0 radical (unpaired) electrons. The minimum atomic E-state index is -3.87. The van der Waals surface area contributed by atoms with Crippen molar-refractivity contribution < 1.29 is 22.7 Å². The van der Waals surface area contributed by atoms with Gasteiger partial charge in [-0.15, -0.1) is 0 Å². The summed E-state index contributed by atoms with van der Waals surface area (Å²) in [6.07, 6.45) is 1.32. The van der Waals surface area contributed by atoms with E-state index in [2.05, 4.69) is 5.32 Å². The molecule has 9 heteroatoms. The molecule has 0 bridgehead atoms. The molecule has 1 N–H and O–H groups in total. The quantitative estimate of drug-likeness (QED) is 0.222. The highest BCUT2D eigenvalue weighted by Gasteiger charge is 2.33. The lowest BCUT2D eigenvalue weighted by Crippen LogP contribution is -2.54. The van der Waals surface area contributed by atoms with Crippen molar-refractivity contribution >= 4 is 27.5 Å². The number of anilines is 1. The number of para-hydroxylation sites is 1. The monoisotopic (exact) mass is 599 g/mol. The van der Waals surface area contributed by atoms with Gasteiger partial charge in [-0.25, -0.2) is 8.42 Å². The molecule has 4 rings (SSSR count). The predicted octanol–water partition coefficient (Wildman–Crippen LogP) is 5.41. The predicted molar refractivity (Wildman–Crippen MR) is 169 cm³/mol. The highest BCUT2D eigenvalue weighted by atomic mass is 32.2. The van der Waals surface area contributed by atoms with Crippen LogP contribution in [0.15, 0.2) is 115 Å². The molecule has 43 heavy (non-hydrogen) atoms. The van der Waals surface area contributed by atoms with Crippen LogP contribution in [0.4, 0.5) is 5.69 Å². The maximum atomic E-state index is 14.1. The molecule has 0 fully saturated rings. The zero-order chi connectivity index (χ0) is 30.8. The molecule has 1 atom stereocenters. The Kier molecular flexibility index (Phi) is 10.6. The second-order valence-electron chi connectivity index (χ2n) is 10.6. The van der Waals surface area contributed by atoms with Crippen molar-refractivity contribution in [1.82, 2.24) is 10.2 Å². The van der Waals surface area contributed by atoms with Crippen LogP contribution in [0, 0.1) is 0 Å². The average Bonchev–Trinajstić information content (AvgIpc) is 2.99. The normalized spacial score (nSPS) is 11.9. The average molecular weight is 600 g/mol. The maximum absolute atomic E-state index is 14.1. The summed E-state index contributed by atoms with van der Waals surface area (Å²) in [6, 6.07) is 33.5. The fraction of sp³-hybridized carbons (Fsp3) is 0.235. The van der Waals surface area contributed by atoms with Gasteiger partial charge in [-0.2, -0.15) is 0 Å². The first-order valence-electron chi connectivity index (χ1n) is 14.1. The first-order chi connectivity index (χ1) is 20.6. The Morgan fingerprint density at radius 3 is 1.79 bits per heavy atom. The fourth-order valence-corrected chi connectivity index (χ4v) is 5.48. The number of ether oxygens (including phenoxy) is 1. The van der Waals surface area contributed by atoms with Crippen LogP contribution in [0.3, 0.4) is 0 Å². The van der Waals surface area contributed by atoms with E-state index in [-0.39, 0.29) is 24.9 Å². The van der Waals surface area contributed by atoms with E-state index < -0.39 is 28.5 Å². The van der Waals surface area contributed by atoms with Gasteiger partial charge in [0.1, 0.15) is 24.1 Å². The summed E-state index contributed by atoms with van der Waals surface area (Å²) in [7, 11) is -3.87. The Bertz CT molecular complexity index is 1580. The van der Waals surface area contributed by atoms with Gasteiger partial charge in [0.25, 0.3) is 0 Å². The number of nitrogens with one attached hydrogen (secondary N) is 1. The van der Waals surface area contributed by atoms with E-state index in [1.165, 1.54) is 4.90 Å². The third-order valence-corrected chi connectivity index (χ3v) is 7.82. The van der Waals surface area contributed by atoms with E-state index >= 15 is 0 Å². The van der Waals surface area contributed by atoms with Crippen molar-refractivity contribution in [2.24, 2.45) is 0 Å². The molecule has 0 heterocycles. The van der Waals surface area contributed by atoms with E-state index in [0.29, 0.717) is 17.2 Å². The van der Waals surface area contributed by atoms with E-state index in [4.69, 9.17) is 4.74 Å². The van der Waals surface area contributed by atoms with E-state index in [9.17, 15) is 18.0 Å². The van der Waals surface area contributed by atoms with Gasteiger partial charge >= 0.3 is 0 Å². The van der Waals surface area contributed by atoms with Gasteiger partial charge in [0.05, 0.1) is 11.9 Å². The van der Waals surface area contributed by atoms with E-state index in [1.807, 2.05) is 105 Å². The number of hydrogen-bond donors (Lipinski definition) is 1. The minimum Gasteiger partial charge on any atom is -0.457 e. The van der Waals surface area contributed by atoms with Crippen LogP contribution in [0.5, 0.6) is 11.5 Å². The Hall–Kier alpha value is -4.63. The minimum absolute atomic E-state index is 0.129. The maximum Gasteiger partial charge on any atom is 0.244 e. The smallest absolute Gasteiger partial charge is 0.244 e. The van der Waals surface area contributed by atoms with Gasteiger partial charge in [0.2, 0.25) is 21.8 Å². The molecule has 4 aromatic rings. The number of benzene rings is 4. The molecule has 0 saturated heterocycles. The zero-order valence-electron chi connectivity index (χ0n) is 24.6. The topological polar surface area (TPSA) is 96.0 Å². The Morgan fingerprint density at radius 1 is 0.744 bits per heavy atom. The summed E-state index contributed by atoms with van der Waals surface area (Å²) >= 11 is 0. The molecule has 0 aliphatic heterocycles. The summed E-state index contributed by atoms with van der Waals surface area (Å²) < 4.78 is 32.9. The van der Waals surface area contributed by atoms with Gasteiger partial charge < -0.3 is 15.0 Å². The Morgan fingerprint density at radius 2 is 1.26 bits per heavy atom. The van der Waals surface area contributed by atoms with Crippen LogP contribution in [0.1, 0.15) is 25.0 Å². The molecule has 0 aliphatic carbocycles. The molecule has 8 nitrogen and oxygen atoms in total. The third-order valence-electron chi connectivity index (χ3n) is 6.68. The van der Waals surface area contributed by atoms with Crippen LogP contribution in [-0.4, -0.2) is 50.0 Å². The number of amides is 2. The Labute approximate surface area is 254 Å². The molecule has 0 spiro atoms. The molecule has 2 amide bonds. The lowest BCUT2D eigenvalue weighted by molar-refractivity contribution is -0.140. The van der Waals surface area contributed by atoms with E-state index in [0.717, 1.165) is 21.7 Å². The number of carbonyl (C=O) groups is 2. The van der Waals surface area contributed by atoms with Crippen molar-refractivity contribution in [3.63, 3.8) is 0 Å². The summed E-state index contributed by atoms with van der Waals surface area (Å²) in [5, 5.41) is 2.95. The molecule has 0 aliphatic rings. The summed E-state index contributed by atoms with van der Waals surface area (Å²) in [5.41, 5.74) is 2.01. The highest BCUT2D eigenvalue weighted by Crippen LogP contribution is 2.26. The lowest BCUT2D eigenvalue weighted by atomic mass is 10.0. The summed E-state index contributed by atoms with van der Waals surface area (Å²) in [6.45, 7) is 3.36. The van der Waals surface area contributed by atoms with Crippen molar-refractivity contribution in [3.8, 4) is 11.5 Å². The highest BCUT2D eigenvalue weighted by molar-refractivity contribution is 7.92. The van der Waals surface area contributed by atoms with Crippen LogP contribution in [0.2, 0.25) is 0 Å². The van der Waals surface area contributed by atoms with Gasteiger partial charge in [-0.3, -0.25) is 13.9 Å². The fourth-order valence-electron chi connectivity index (χ4n) is 4.63. The summed E-state index contributed by atoms with van der Waals surface area (Å²) in [4.78, 5) is 29.2. The van der Waals surface area contributed by atoms with Gasteiger partial charge in [-0.1, -0.05) is 78.9 Å². The molecule has 0 unspecified atom stereocenters. The van der Waals surface area contributed by atoms with Crippen LogP contribution >= 0.6 is 0 Å². The summed E-state index contributed by atoms with van der Waals surface area (Å²) in [5.74, 6) is 0.356. The first kappa shape index (κ1) is 31.3. The van der Waals surface area contributed by atoms with Gasteiger partial charge in [-0.05, 0) is 61.4 Å². The first-order valence-corrected chi connectivity index (χ1v) is 15.9. The number of nitrogens with zero attached hydrogens (tertiary/aromatic N) is 2. The second kappa shape index (κ2) is 14.5.